The topological polar surface area (TPSA) is 50.2 Å². The van der Waals surface area contributed by atoms with Gasteiger partial charge in [0, 0.05) is 10.9 Å². The van der Waals surface area contributed by atoms with Crippen LogP contribution in [0.2, 0.25) is 0 Å². The molecule has 1 aliphatic carbocycles. The van der Waals surface area contributed by atoms with Crippen LogP contribution in [-0.2, 0) is 10.8 Å². The minimum absolute atomic E-state index is 0.153. The molecule has 0 atom stereocenters. The second kappa shape index (κ2) is 5.91. The lowest BCUT2D eigenvalue weighted by Gasteiger charge is -2.42. The van der Waals surface area contributed by atoms with E-state index in [9.17, 15) is 4.79 Å². The average molecular weight is 359 g/mol. The molecule has 0 unspecified atom stereocenters. The van der Waals surface area contributed by atoms with Crippen molar-refractivity contribution in [2.45, 2.75) is 51.4 Å². The summed E-state index contributed by atoms with van der Waals surface area (Å²) in [6.45, 7) is 9.31. The Labute approximate surface area is 160 Å². The van der Waals surface area contributed by atoms with E-state index in [1.807, 2.05) is 18.2 Å². The molecule has 1 aliphatic rings. The molecule has 0 radical (unpaired) electrons. The van der Waals surface area contributed by atoms with Crippen molar-refractivity contribution < 1.29 is 9.90 Å². The third-order valence-corrected chi connectivity index (χ3v) is 6.09. The molecule has 1 heterocycles. The maximum Gasteiger partial charge on any atom is 0.335 e. The first-order chi connectivity index (χ1) is 12.7. The summed E-state index contributed by atoms with van der Waals surface area (Å²) in [5, 5.41) is 10.2. The molecule has 0 bridgehead atoms. The fourth-order valence-corrected chi connectivity index (χ4v) is 4.13. The van der Waals surface area contributed by atoms with E-state index >= 15 is 0 Å². The molecular weight excluding hydrogens is 334 g/mol. The summed E-state index contributed by atoms with van der Waals surface area (Å²) in [7, 11) is 0. The number of nitrogens with zero attached hydrogens (tertiary/aromatic N) is 1. The molecule has 0 spiro atoms. The van der Waals surface area contributed by atoms with Crippen LogP contribution in [0.25, 0.3) is 22.2 Å². The zero-order valence-electron chi connectivity index (χ0n) is 16.3. The molecule has 3 aromatic rings. The van der Waals surface area contributed by atoms with Gasteiger partial charge in [-0.25, -0.2) is 9.78 Å². The zero-order chi connectivity index (χ0) is 19.4. The second-order valence-electron chi connectivity index (χ2n) is 8.94. The fraction of sp³-hybridized carbons (Fsp3) is 0.333. The highest BCUT2D eigenvalue weighted by atomic mass is 16.4. The van der Waals surface area contributed by atoms with Crippen molar-refractivity contribution >= 4 is 16.9 Å². The molecular formula is C24H25NO2. The summed E-state index contributed by atoms with van der Waals surface area (Å²) in [6.07, 6.45) is 2.37. The standard InChI is InChI=1S/C24H25NO2/c1-23(2)11-12-24(3,4)19-14-21-17(13-18(19)23)9-10-20(25-21)15-5-7-16(8-6-15)22(26)27/h5-10,13-14H,11-12H2,1-4H3,(H,26,27). The molecule has 1 aromatic heterocycles. The van der Waals surface area contributed by atoms with Crippen molar-refractivity contribution in [1.82, 2.24) is 4.98 Å². The summed E-state index contributed by atoms with van der Waals surface area (Å²) in [5.41, 5.74) is 6.26. The van der Waals surface area contributed by atoms with Gasteiger partial charge in [0.05, 0.1) is 16.8 Å². The molecule has 4 rings (SSSR count). The molecule has 1 N–H and O–H groups in total. The van der Waals surface area contributed by atoms with Crippen LogP contribution in [0.1, 0.15) is 62.0 Å². The molecule has 0 fully saturated rings. The smallest absolute Gasteiger partial charge is 0.335 e. The molecule has 3 heteroatoms. The number of benzene rings is 2. The van der Waals surface area contributed by atoms with Crippen molar-refractivity contribution in [3.8, 4) is 11.3 Å². The van der Waals surface area contributed by atoms with Gasteiger partial charge in [0.1, 0.15) is 0 Å². The van der Waals surface area contributed by atoms with Gasteiger partial charge < -0.3 is 5.11 Å². The van der Waals surface area contributed by atoms with Gasteiger partial charge in [-0.2, -0.15) is 0 Å². The number of hydrogen-bond donors (Lipinski definition) is 1. The van der Waals surface area contributed by atoms with E-state index in [-0.39, 0.29) is 16.4 Å². The number of pyridine rings is 1. The predicted molar refractivity (Wildman–Crippen MR) is 109 cm³/mol. The summed E-state index contributed by atoms with van der Waals surface area (Å²) < 4.78 is 0. The summed E-state index contributed by atoms with van der Waals surface area (Å²) in [5.74, 6) is -0.913. The zero-order valence-corrected chi connectivity index (χ0v) is 16.3. The van der Waals surface area contributed by atoms with Gasteiger partial charge in [-0.1, -0.05) is 45.9 Å². The van der Waals surface area contributed by atoms with Crippen molar-refractivity contribution in [2.75, 3.05) is 0 Å². The molecule has 0 amide bonds. The lowest BCUT2D eigenvalue weighted by Crippen LogP contribution is -2.33. The number of rotatable bonds is 2. The number of carboxylic acids is 1. The fourth-order valence-electron chi connectivity index (χ4n) is 4.13. The third-order valence-electron chi connectivity index (χ3n) is 6.09. The molecule has 27 heavy (non-hydrogen) atoms. The van der Waals surface area contributed by atoms with E-state index in [0.29, 0.717) is 0 Å². The van der Waals surface area contributed by atoms with E-state index in [1.165, 1.54) is 24.0 Å². The van der Waals surface area contributed by atoms with Crippen molar-refractivity contribution in [3.63, 3.8) is 0 Å². The Bertz CT molecular complexity index is 1050. The molecule has 138 valence electrons. The Hall–Kier alpha value is -2.68. The molecule has 0 saturated heterocycles. The number of aromatic nitrogens is 1. The minimum Gasteiger partial charge on any atom is -0.478 e. The molecule has 0 saturated carbocycles. The molecule has 2 aromatic carbocycles. The normalized spacial score (nSPS) is 17.5. The SMILES string of the molecule is CC1(C)CCC(C)(C)c2cc3nc(-c4ccc(C(=O)O)cc4)ccc3cc21. The summed E-state index contributed by atoms with van der Waals surface area (Å²) in [4.78, 5) is 16.0. The highest BCUT2D eigenvalue weighted by molar-refractivity contribution is 5.88. The second-order valence-corrected chi connectivity index (χ2v) is 8.94. The van der Waals surface area contributed by atoms with Crippen LogP contribution in [0.3, 0.4) is 0 Å². The van der Waals surface area contributed by atoms with E-state index in [1.54, 1.807) is 12.1 Å². The van der Waals surface area contributed by atoms with Crippen LogP contribution in [0.5, 0.6) is 0 Å². The van der Waals surface area contributed by atoms with Crippen molar-refractivity contribution in [1.29, 1.82) is 0 Å². The quantitative estimate of drug-likeness (QED) is 0.615. The third kappa shape index (κ3) is 3.01. The van der Waals surface area contributed by atoms with Crippen molar-refractivity contribution in [3.05, 3.63) is 65.2 Å². The van der Waals surface area contributed by atoms with Crippen LogP contribution in [0.4, 0.5) is 0 Å². The Morgan fingerprint density at radius 3 is 2.07 bits per heavy atom. The molecule has 0 aliphatic heterocycles. The van der Waals surface area contributed by atoms with Crippen LogP contribution >= 0.6 is 0 Å². The first kappa shape index (κ1) is 17.7. The Morgan fingerprint density at radius 1 is 0.889 bits per heavy atom. The number of carboxylic acid groups (broad SMARTS) is 1. The average Bonchev–Trinajstić information content (AvgIpc) is 2.64. The minimum atomic E-state index is -0.913. The maximum absolute atomic E-state index is 11.1. The highest BCUT2D eigenvalue weighted by Gasteiger charge is 2.37. The van der Waals surface area contributed by atoms with Crippen LogP contribution in [0, 0.1) is 0 Å². The highest BCUT2D eigenvalue weighted by Crippen LogP contribution is 2.46. The Balaban J connectivity index is 1.85. The van der Waals surface area contributed by atoms with Gasteiger partial charge in [0.2, 0.25) is 0 Å². The van der Waals surface area contributed by atoms with Gasteiger partial charge in [-0.15, -0.1) is 0 Å². The number of carbonyl (C=O) groups is 1. The van der Waals surface area contributed by atoms with E-state index in [0.717, 1.165) is 22.2 Å². The number of aromatic carboxylic acids is 1. The Kier molecular flexibility index (Phi) is 3.88. The van der Waals surface area contributed by atoms with E-state index in [4.69, 9.17) is 10.1 Å². The lowest BCUT2D eigenvalue weighted by molar-refractivity contribution is 0.0697. The van der Waals surface area contributed by atoms with Crippen LogP contribution < -0.4 is 0 Å². The first-order valence-electron chi connectivity index (χ1n) is 9.47. The summed E-state index contributed by atoms with van der Waals surface area (Å²) in [6, 6.07) is 15.6. The van der Waals surface area contributed by atoms with Crippen LogP contribution in [-0.4, -0.2) is 16.1 Å². The van der Waals surface area contributed by atoms with Gasteiger partial charge in [0.25, 0.3) is 0 Å². The predicted octanol–water partition coefficient (Wildman–Crippen LogP) is 5.95. The lowest BCUT2D eigenvalue weighted by atomic mass is 9.63. The van der Waals surface area contributed by atoms with Gasteiger partial charge in [-0.05, 0) is 65.1 Å². The van der Waals surface area contributed by atoms with Gasteiger partial charge >= 0.3 is 5.97 Å². The van der Waals surface area contributed by atoms with E-state index in [2.05, 4.69) is 45.9 Å². The largest absolute Gasteiger partial charge is 0.478 e. The maximum atomic E-state index is 11.1. The Morgan fingerprint density at radius 2 is 1.48 bits per heavy atom. The monoisotopic (exact) mass is 359 g/mol. The number of hydrogen-bond acceptors (Lipinski definition) is 2. The van der Waals surface area contributed by atoms with Crippen LogP contribution in [0.15, 0.2) is 48.5 Å². The van der Waals surface area contributed by atoms with Gasteiger partial charge in [0.15, 0.2) is 0 Å². The van der Waals surface area contributed by atoms with E-state index < -0.39 is 5.97 Å². The number of fused-ring (bicyclic) bond motifs is 2. The van der Waals surface area contributed by atoms with Gasteiger partial charge in [-0.3, -0.25) is 0 Å². The summed E-state index contributed by atoms with van der Waals surface area (Å²) >= 11 is 0. The molecule has 3 nitrogen and oxygen atoms in total. The first-order valence-corrected chi connectivity index (χ1v) is 9.47. The van der Waals surface area contributed by atoms with Crippen molar-refractivity contribution in [2.24, 2.45) is 0 Å².